The number of carbonyl (C=O) groups is 2. The Morgan fingerprint density at radius 2 is 1.84 bits per heavy atom. The maximum atomic E-state index is 13.4. The second kappa shape index (κ2) is 9.68. The molecule has 32 heavy (non-hydrogen) atoms. The number of thiazole rings is 1. The highest BCUT2D eigenvalue weighted by Crippen LogP contribution is 2.30. The number of rotatable bonds is 8. The van der Waals surface area contributed by atoms with Crippen LogP contribution in [-0.4, -0.2) is 36.9 Å². The highest BCUT2D eigenvalue weighted by atomic mass is 35.5. The third-order valence-corrected chi connectivity index (χ3v) is 7.64. The van der Waals surface area contributed by atoms with E-state index in [1.807, 2.05) is 6.92 Å². The number of hydrogen-bond donors (Lipinski definition) is 2. The summed E-state index contributed by atoms with van der Waals surface area (Å²) in [6, 6.07) is 11.2. The van der Waals surface area contributed by atoms with Gasteiger partial charge in [-0.3, -0.25) is 9.10 Å². The minimum atomic E-state index is -4.07. The van der Waals surface area contributed by atoms with Gasteiger partial charge < -0.3 is 10.4 Å². The first-order valence-electron chi connectivity index (χ1n) is 9.38. The summed E-state index contributed by atoms with van der Waals surface area (Å²) in [5, 5.41) is 13.7. The molecule has 0 atom stereocenters. The minimum absolute atomic E-state index is 0.0241. The number of aromatic nitrogens is 1. The summed E-state index contributed by atoms with van der Waals surface area (Å²) < 4.78 is 27.9. The van der Waals surface area contributed by atoms with Crippen molar-refractivity contribution in [1.29, 1.82) is 0 Å². The minimum Gasteiger partial charge on any atom is -0.476 e. The first kappa shape index (κ1) is 23.7. The van der Waals surface area contributed by atoms with Crippen molar-refractivity contribution >= 4 is 50.5 Å². The van der Waals surface area contributed by atoms with Crippen LogP contribution in [0.25, 0.3) is 0 Å². The molecule has 8 nitrogen and oxygen atoms in total. The van der Waals surface area contributed by atoms with Crippen LogP contribution in [0.2, 0.25) is 5.02 Å². The van der Waals surface area contributed by atoms with E-state index in [1.165, 1.54) is 17.5 Å². The second-order valence-corrected chi connectivity index (χ2v) is 10.1. The number of nitrogens with zero attached hydrogens (tertiary/aromatic N) is 2. The molecule has 0 radical (unpaired) electrons. The van der Waals surface area contributed by atoms with Crippen molar-refractivity contribution in [2.75, 3.05) is 10.8 Å². The van der Waals surface area contributed by atoms with E-state index in [9.17, 15) is 18.0 Å². The molecule has 0 aliphatic heterocycles. The van der Waals surface area contributed by atoms with Gasteiger partial charge in [0.05, 0.1) is 17.1 Å². The number of sulfonamides is 1. The van der Waals surface area contributed by atoms with E-state index >= 15 is 0 Å². The van der Waals surface area contributed by atoms with Crippen molar-refractivity contribution in [3.63, 3.8) is 0 Å². The number of hydrogen-bond acceptors (Lipinski definition) is 6. The Balaban J connectivity index is 1.88. The summed E-state index contributed by atoms with van der Waals surface area (Å²) in [5.41, 5.74) is 1.59. The van der Waals surface area contributed by atoms with Gasteiger partial charge in [0, 0.05) is 10.4 Å². The van der Waals surface area contributed by atoms with Gasteiger partial charge in [-0.05, 0) is 43.7 Å². The summed E-state index contributed by atoms with van der Waals surface area (Å²) in [6.07, 6.45) is 0. The highest BCUT2D eigenvalue weighted by Gasteiger charge is 2.28. The maximum absolute atomic E-state index is 13.4. The molecule has 168 valence electrons. The van der Waals surface area contributed by atoms with E-state index in [0.29, 0.717) is 15.6 Å². The maximum Gasteiger partial charge on any atom is 0.355 e. The fourth-order valence-corrected chi connectivity index (χ4v) is 5.21. The molecule has 0 aliphatic rings. The summed E-state index contributed by atoms with van der Waals surface area (Å²) in [6.45, 7) is 3.01. The number of aromatic carboxylic acids is 1. The Hall–Kier alpha value is -2.95. The number of amides is 1. The molecule has 0 spiro atoms. The van der Waals surface area contributed by atoms with Crippen molar-refractivity contribution in [3.05, 3.63) is 74.7 Å². The number of aryl methyl sites for hydroxylation is 1. The first-order valence-corrected chi connectivity index (χ1v) is 12.1. The van der Waals surface area contributed by atoms with Crippen molar-refractivity contribution in [1.82, 2.24) is 10.3 Å². The number of nitrogens with one attached hydrogen (secondary N) is 1. The lowest BCUT2D eigenvalue weighted by molar-refractivity contribution is -0.119. The molecule has 11 heteroatoms. The van der Waals surface area contributed by atoms with Crippen LogP contribution in [0.3, 0.4) is 0 Å². The van der Waals surface area contributed by atoms with Gasteiger partial charge in [0.15, 0.2) is 5.69 Å². The van der Waals surface area contributed by atoms with Gasteiger partial charge in [-0.15, -0.1) is 11.3 Å². The zero-order valence-electron chi connectivity index (χ0n) is 17.2. The van der Waals surface area contributed by atoms with Gasteiger partial charge >= 0.3 is 5.97 Å². The molecule has 0 saturated heterocycles. The molecule has 0 bridgehead atoms. The number of anilines is 1. The Morgan fingerprint density at radius 1 is 1.16 bits per heavy atom. The third kappa shape index (κ3) is 5.26. The monoisotopic (exact) mass is 493 g/mol. The normalized spacial score (nSPS) is 11.2. The number of benzene rings is 2. The molecule has 0 fully saturated rings. The number of carboxylic acid groups (broad SMARTS) is 1. The van der Waals surface area contributed by atoms with Crippen LogP contribution >= 0.6 is 22.9 Å². The fraction of sp³-hybridized carbons (Fsp3) is 0.190. The van der Waals surface area contributed by atoms with Crippen LogP contribution < -0.4 is 9.62 Å². The lowest BCUT2D eigenvalue weighted by atomic mass is 10.2. The molecule has 3 rings (SSSR count). The van der Waals surface area contributed by atoms with E-state index in [0.717, 1.165) is 21.2 Å². The smallest absolute Gasteiger partial charge is 0.355 e. The van der Waals surface area contributed by atoms with Crippen molar-refractivity contribution < 1.29 is 23.1 Å². The molecule has 2 N–H and O–H groups in total. The Labute approximate surface area is 194 Å². The predicted molar refractivity (Wildman–Crippen MR) is 123 cm³/mol. The predicted octanol–water partition coefficient (Wildman–Crippen LogP) is 3.62. The van der Waals surface area contributed by atoms with Gasteiger partial charge in [-0.25, -0.2) is 18.2 Å². The van der Waals surface area contributed by atoms with E-state index in [1.54, 1.807) is 37.3 Å². The summed E-state index contributed by atoms with van der Waals surface area (Å²) in [4.78, 5) is 27.6. The van der Waals surface area contributed by atoms with Crippen LogP contribution in [0.15, 0.2) is 52.7 Å². The van der Waals surface area contributed by atoms with Gasteiger partial charge in [0.1, 0.15) is 11.6 Å². The Bertz CT molecular complexity index is 1260. The van der Waals surface area contributed by atoms with Crippen molar-refractivity contribution in [3.8, 4) is 0 Å². The lowest BCUT2D eigenvalue weighted by Gasteiger charge is -2.26. The summed E-state index contributed by atoms with van der Waals surface area (Å²) >= 11 is 7.29. The standard InChI is InChI=1S/C21H20ClN3O5S2/c1-13-6-8-15(9-7-13)32(29,30)25(18-5-3-4-16(22)14(18)2)11-19(26)23-10-20-24-17(12-31-20)21(27)28/h3-9,12H,10-11H2,1-2H3,(H,23,26)(H,27,28). The van der Waals surface area contributed by atoms with Crippen LogP contribution in [0, 0.1) is 13.8 Å². The molecule has 3 aromatic rings. The summed E-state index contributed by atoms with van der Waals surface area (Å²) in [5.74, 6) is -1.74. The van der Waals surface area contributed by atoms with Gasteiger partial charge in [0.2, 0.25) is 5.91 Å². The van der Waals surface area contributed by atoms with Crippen LogP contribution in [0.1, 0.15) is 26.6 Å². The third-order valence-electron chi connectivity index (χ3n) is 4.61. The molecule has 2 aromatic carbocycles. The quantitative estimate of drug-likeness (QED) is 0.495. The van der Waals surface area contributed by atoms with Gasteiger partial charge in [0.25, 0.3) is 10.0 Å². The first-order chi connectivity index (χ1) is 15.1. The van der Waals surface area contributed by atoms with E-state index in [4.69, 9.17) is 16.7 Å². The molecular formula is C21H20ClN3O5S2. The van der Waals surface area contributed by atoms with E-state index in [2.05, 4.69) is 10.3 Å². The Morgan fingerprint density at radius 3 is 2.47 bits per heavy atom. The zero-order valence-corrected chi connectivity index (χ0v) is 19.6. The van der Waals surface area contributed by atoms with Gasteiger partial charge in [-0.1, -0.05) is 35.4 Å². The SMILES string of the molecule is Cc1ccc(S(=O)(=O)N(CC(=O)NCc2nc(C(=O)O)cs2)c2cccc(Cl)c2C)cc1. The molecule has 1 amide bonds. The molecular weight excluding hydrogens is 474 g/mol. The Kier molecular flexibility index (Phi) is 7.17. The van der Waals surface area contributed by atoms with Gasteiger partial charge in [-0.2, -0.15) is 0 Å². The second-order valence-electron chi connectivity index (χ2n) is 6.92. The molecule has 1 heterocycles. The fourth-order valence-electron chi connectivity index (χ4n) is 2.85. The molecule has 1 aromatic heterocycles. The lowest BCUT2D eigenvalue weighted by Crippen LogP contribution is -2.41. The van der Waals surface area contributed by atoms with Crippen LogP contribution in [0.4, 0.5) is 5.69 Å². The average Bonchev–Trinajstić information content (AvgIpc) is 3.22. The number of halogens is 1. The van der Waals surface area contributed by atoms with E-state index < -0.39 is 28.4 Å². The highest BCUT2D eigenvalue weighted by molar-refractivity contribution is 7.92. The number of carbonyl (C=O) groups excluding carboxylic acids is 1. The largest absolute Gasteiger partial charge is 0.476 e. The molecule has 0 aliphatic carbocycles. The van der Waals surface area contributed by atoms with Crippen molar-refractivity contribution in [2.45, 2.75) is 25.3 Å². The van der Waals surface area contributed by atoms with Crippen molar-refractivity contribution in [2.24, 2.45) is 0 Å². The average molecular weight is 494 g/mol. The van der Waals surface area contributed by atoms with Crippen LogP contribution in [-0.2, 0) is 21.4 Å². The zero-order chi connectivity index (χ0) is 23.5. The van der Waals surface area contributed by atoms with Crippen LogP contribution in [0.5, 0.6) is 0 Å². The topological polar surface area (TPSA) is 117 Å². The van der Waals surface area contributed by atoms with E-state index in [-0.39, 0.29) is 22.8 Å². The number of carboxylic acids is 1. The molecule has 0 saturated carbocycles. The molecule has 0 unspecified atom stereocenters. The summed E-state index contributed by atoms with van der Waals surface area (Å²) in [7, 11) is -4.07.